The first-order chi connectivity index (χ1) is 16.7. The van der Waals surface area contributed by atoms with Crippen LogP contribution in [0.5, 0.6) is 5.75 Å². The second-order valence-electron chi connectivity index (χ2n) is 7.41. The third kappa shape index (κ3) is 6.49. The average molecular weight is 469 g/mol. The SMILES string of the molecule is O=C(COc1ccccc1C(=O)NCc1ccccc1)Nc1ccccc1Sc1ccccc1. The molecular weight excluding hydrogens is 444 g/mol. The number of carbonyl (C=O) groups is 2. The molecule has 0 unspecified atom stereocenters. The molecule has 0 fully saturated rings. The summed E-state index contributed by atoms with van der Waals surface area (Å²) in [5, 5.41) is 5.80. The zero-order valence-corrected chi connectivity index (χ0v) is 19.3. The molecule has 0 atom stereocenters. The van der Waals surface area contributed by atoms with Gasteiger partial charge in [-0.25, -0.2) is 0 Å². The first kappa shape index (κ1) is 23.1. The lowest BCUT2D eigenvalue weighted by molar-refractivity contribution is -0.118. The van der Waals surface area contributed by atoms with E-state index in [1.165, 1.54) is 0 Å². The van der Waals surface area contributed by atoms with Gasteiger partial charge in [-0.2, -0.15) is 0 Å². The number of para-hydroxylation sites is 2. The molecule has 2 N–H and O–H groups in total. The van der Waals surface area contributed by atoms with Crippen molar-refractivity contribution >= 4 is 29.3 Å². The summed E-state index contributed by atoms with van der Waals surface area (Å²) in [7, 11) is 0. The largest absolute Gasteiger partial charge is 0.483 e. The highest BCUT2D eigenvalue weighted by molar-refractivity contribution is 7.99. The van der Waals surface area contributed by atoms with Crippen LogP contribution in [0.4, 0.5) is 5.69 Å². The summed E-state index contributed by atoms with van der Waals surface area (Å²) < 4.78 is 5.72. The van der Waals surface area contributed by atoms with Gasteiger partial charge in [0.1, 0.15) is 5.75 Å². The number of anilines is 1. The number of ether oxygens (including phenoxy) is 1. The summed E-state index contributed by atoms with van der Waals surface area (Å²) in [4.78, 5) is 27.3. The maximum atomic E-state index is 12.7. The van der Waals surface area contributed by atoms with Crippen molar-refractivity contribution in [3.05, 3.63) is 120 Å². The lowest BCUT2D eigenvalue weighted by atomic mass is 10.1. The molecule has 4 aromatic rings. The van der Waals surface area contributed by atoms with E-state index in [0.717, 1.165) is 15.4 Å². The number of hydrogen-bond acceptors (Lipinski definition) is 4. The minimum atomic E-state index is -0.305. The fourth-order valence-corrected chi connectivity index (χ4v) is 4.18. The Hall–Kier alpha value is -4.03. The van der Waals surface area contributed by atoms with Crippen LogP contribution >= 0.6 is 11.8 Å². The van der Waals surface area contributed by atoms with E-state index < -0.39 is 0 Å². The van der Waals surface area contributed by atoms with Gasteiger partial charge >= 0.3 is 0 Å². The van der Waals surface area contributed by atoms with E-state index in [1.54, 1.807) is 36.0 Å². The molecule has 0 bridgehead atoms. The third-order valence-electron chi connectivity index (χ3n) is 4.92. The summed E-state index contributed by atoms with van der Waals surface area (Å²) >= 11 is 1.57. The highest BCUT2D eigenvalue weighted by Gasteiger charge is 2.14. The Morgan fingerprint density at radius 3 is 2.18 bits per heavy atom. The van der Waals surface area contributed by atoms with Crippen LogP contribution < -0.4 is 15.4 Å². The van der Waals surface area contributed by atoms with E-state index in [2.05, 4.69) is 10.6 Å². The molecule has 0 aliphatic carbocycles. The van der Waals surface area contributed by atoms with Gasteiger partial charge in [-0.3, -0.25) is 9.59 Å². The van der Waals surface area contributed by atoms with E-state index in [1.807, 2.05) is 84.9 Å². The van der Waals surface area contributed by atoms with Crippen molar-refractivity contribution in [2.24, 2.45) is 0 Å². The standard InChI is InChI=1S/C28H24N2O3S/c31-27(30-24-16-8-10-18-26(24)34-22-13-5-2-6-14-22)20-33-25-17-9-7-15-23(25)28(32)29-19-21-11-3-1-4-12-21/h1-18H,19-20H2,(H,29,32)(H,30,31). The molecule has 5 nitrogen and oxygen atoms in total. The van der Waals surface area contributed by atoms with Gasteiger partial charge in [0.25, 0.3) is 11.8 Å². The molecule has 0 saturated carbocycles. The Labute approximate surface area is 203 Å². The van der Waals surface area contributed by atoms with Gasteiger partial charge in [0.15, 0.2) is 6.61 Å². The fraction of sp³-hybridized carbons (Fsp3) is 0.0714. The highest BCUT2D eigenvalue weighted by atomic mass is 32.2. The molecule has 0 aliphatic rings. The van der Waals surface area contributed by atoms with Gasteiger partial charge in [-0.1, -0.05) is 84.6 Å². The van der Waals surface area contributed by atoms with E-state index >= 15 is 0 Å². The number of carbonyl (C=O) groups excluding carboxylic acids is 2. The minimum absolute atomic E-state index is 0.215. The van der Waals surface area contributed by atoms with Crippen LogP contribution in [0.1, 0.15) is 15.9 Å². The molecule has 0 saturated heterocycles. The predicted octanol–water partition coefficient (Wildman–Crippen LogP) is 5.79. The van der Waals surface area contributed by atoms with Crippen molar-refractivity contribution in [2.45, 2.75) is 16.3 Å². The Kier molecular flexibility index (Phi) is 7.98. The maximum absolute atomic E-state index is 12.7. The maximum Gasteiger partial charge on any atom is 0.262 e. The van der Waals surface area contributed by atoms with Gasteiger partial charge in [0, 0.05) is 16.3 Å². The van der Waals surface area contributed by atoms with E-state index in [-0.39, 0.29) is 18.4 Å². The Balaban J connectivity index is 1.36. The van der Waals surface area contributed by atoms with Crippen LogP contribution in [0.15, 0.2) is 119 Å². The van der Waals surface area contributed by atoms with Crippen molar-refractivity contribution in [1.29, 1.82) is 0 Å². The highest BCUT2D eigenvalue weighted by Crippen LogP contribution is 2.33. The Morgan fingerprint density at radius 2 is 1.38 bits per heavy atom. The smallest absolute Gasteiger partial charge is 0.262 e. The molecule has 0 aromatic heterocycles. The second-order valence-corrected chi connectivity index (χ2v) is 8.53. The van der Waals surface area contributed by atoms with E-state index in [9.17, 15) is 9.59 Å². The number of amides is 2. The number of rotatable bonds is 9. The minimum Gasteiger partial charge on any atom is -0.483 e. The number of benzene rings is 4. The van der Waals surface area contributed by atoms with E-state index in [4.69, 9.17) is 4.74 Å². The molecule has 0 heterocycles. The first-order valence-electron chi connectivity index (χ1n) is 10.8. The normalized spacial score (nSPS) is 10.4. The Bertz CT molecular complexity index is 1250. The molecule has 2 amide bonds. The average Bonchev–Trinajstić information content (AvgIpc) is 2.88. The fourth-order valence-electron chi connectivity index (χ4n) is 3.26. The van der Waals surface area contributed by atoms with Crippen molar-refractivity contribution in [3.63, 3.8) is 0 Å². The van der Waals surface area contributed by atoms with Crippen molar-refractivity contribution in [3.8, 4) is 5.75 Å². The molecule has 0 spiro atoms. The van der Waals surface area contributed by atoms with E-state index in [0.29, 0.717) is 23.5 Å². The Morgan fingerprint density at radius 1 is 0.735 bits per heavy atom. The number of nitrogens with one attached hydrogen (secondary N) is 2. The van der Waals surface area contributed by atoms with Gasteiger partial charge in [0.05, 0.1) is 11.3 Å². The van der Waals surface area contributed by atoms with Crippen molar-refractivity contribution in [2.75, 3.05) is 11.9 Å². The molecule has 4 aromatic carbocycles. The van der Waals surface area contributed by atoms with Gasteiger partial charge < -0.3 is 15.4 Å². The zero-order chi connectivity index (χ0) is 23.6. The first-order valence-corrected chi connectivity index (χ1v) is 11.7. The van der Waals surface area contributed by atoms with Crippen LogP contribution in [-0.2, 0) is 11.3 Å². The molecule has 6 heteroatoms. The monoisotopic (exact) mass is 468 g/mol. The lowest BCUT2D eigenvalue weighted by Gasteiger charge is -2.13. The summed E-state index contributed by atoms with van der Waals surface area (Å²) in [5.41, 5.74) is 2.09. The molecule has 0 aliphatic heterocycles. The quantitative estimate of drug-likeness (QED) is 0.327. The molecule has 170 valence electrons. The van der Waals surface area contributed by atoms with Crippen LogP contribution in [0.25, 0.3) is 0 Å². The van der Waals surface area contributed by atoms with Gasteiger partial charge in [0.2, 0.25) is 0 Å². The van der Waals surface area contributed by atoms with Crippen LogP contribution in [0, 0.1) is 0 Å². The second kappa shape index (κ2) is 11.7. The summed E-state index contributed by atoms with van der Waals surface area (Å²) in [6, 6.07) is 34.1. The lowest BCUT2D eigenvalue weighted by Crippen LogP contribution is -2.25. The van der Waals surface area contributed by atoms with Crippen LogP contribution in [0.2, 0.25) is 0 Å². The zero-order valence-electron chi connectivity index (χ0n) is 18.4. The molecule has 0 radical (unpaired) electrons. The predicted molar refractivity (Wildman–Crippen MR) is 135 cm³/mol. The van der Waals surface area contributed by atoms with Gasteiger partial charge in [-0.15, -0.1) is 0 Å². The van der Waals surface area contributed by atoms with Crippen LogP contribution in [0.3, 0.4) is 0 Å². The van der Waals surface area contributed by atoms with Crippen LogP contribution in [-0.4, -0.2) is 18.4 Å². The molecule has 34 heavy (non-hydrogen) atoms. The van der Waals surface area contributed by atoms with Crippen molar-refractivity contribution < 1.29 is 14.3 Å². The topological polar surface area (TPSA) is 67.4 Å². The number of hydrogen-bond donors (Lipinski definition) is 2. The summed E-state index contributed by atoms with van der Waals surface area (Å²) in [5.74, 6) is -0.208. The van der Waals surface area contributed by atoms with Gasteiger partial charge in [-0.05, 0) is 42.0 Å². The third-order valence-corrected chi connectivity index (χ3v) is 6.00. The molecule has 4 rings (SSSR count). The van der Waals surface area contributed by atoms with Crippen molar-refractivity contribution in [1.82, 2.24) is 5.32 Å². The molecular formula is C28H24N2O3S. The summed E-state index contributed by atoms with van der Waals surface area (Å²) in [6.45, 7) is 0.192. The summed E-state index contributed by atoms with van der Waals surface area (Å²) in [6.07, 6.45) is 0.